The van der Waals surface area contributed by atoms with E-state index in [4.69, 9.17) is 14.2 Å². The van der Waals surface area contributed by atoms with Crippen molar-refractivity contribution in [3.8, 4) is 11.5 Å². The van der Waals surface area contributed by atoms with E-state index >= 15 is 0 Å². The molecule has 2 N–H and O–H groups in total. The number of carbonyl (C=O) groups excluding carboxylic acids is 2. The summed E-state index contributed by atoms with van der Waals surface area (Å²) in [6.07, 6.45) is 0. The summed E-state index contributed by atoms with van der Waals surface area (Å²) < 4.78 is 41.7. The zero-order chi connectivity index (χ0) is 23.7. The normalized spacial score (nSPS) is 14.3. The summed E-state index contributed by atoms with van der Waals surface area (Å²) in [5, 5.41) is 5.32. The van der Waals surface area contributed by atoms with Gasteiger partial charge in [-0.05, 0) is 36.4 Å². The van der Waals surface area contributed by atoms with Crippen molar-refractivity contribution in [3.05, 3.63) is 54.1 Å². The molecule has 0 saturated carbocycles. The maximum Gasteiger partial charge on any atom is 0.262 e. The number of sulfonamides is 1. The van der Waals surface area contributed by atoms with Crippen molar-refractivity contribution >= 4 is 27.5 Å². The summed E-state index contributed by atoms with van der Waals surface area (Å²) in [5.41, 5.74) is 0.942. The first-order valence-corrected chi connectivity index (χ1v) is 12.0. The molecule has 11 heteroatoms. The number of carbonyl (C=O) groups is 2. The van der Waals surface area contributed by atoms with E-state index in [0.29, 0.717) is 49.1 Å². The zero-order valence-electron chi connectivity index (χ0n) is 18.3. The van der Waals surface area contributed by atoms with Gasteiger partial charge in [0.15, 0.2) is 6.61 Å². The van der Waals surface area contributed by atoms with Gasteiger partial charge in [-0.3, -0.25) is 9.59 Å². The minimum Gasteiger partial charge on any atom is -0.497 e. The highest BCUT2D eigenvalue weighted by molar-refractivity contribution is 7.89. The second kappa shape index (κ2) is 11.6. The predicted octanol–water partition coefficient (Wildman–Crippen LogP) is 1.10. The third-order valence-electron chi connectivity index (χ3n) is 4.85. The highest BCUT2D eigenvalue weighted by Crippen LogP contribution is 2.17. The van der Waals surface area contributed by atoms with Gasteiger partial charge in [0.25, 0.3) is 11.8 Å². The summed E-state index contributed by atoms with van der Waals surface area (Å²) in [7, 11) is -1.89. The number of anilines is 1. The minimum atomic E-state index is -3.44. The largest absolute Gasteiger partial charge is 0.497 e. The van der Waals surface area contributed by atoms with Crippen LogP contribution in [0.5, 0.6) is 11.5 Å². The molecule has 1 aliphatic heterocycles. The molecule has 0 unspecified atom stereocenters. The Hall–Kier alpha value is -3.15. The van der Waals surface area contributed by atoms with Crippen LogP contribution >= 0.6 is 0 Å². The van der Waals surface area contributed by atoms with E-state index in [-0.39, 0.29) is 24.8 Å². The van der Waals surface area contributed by atoms with E-state index in [2.05, 4.69) is 10.6 Å². The molecule has 0 spiro atoms. The number of hydrogen-bond acceptors (Lipinski definition) is 7. The fourth-order valence-electron chi connectivity index (χ4n) is 3.10. The first-order valence-electron chi connectivity index (χ1n) is 10.4. The van der Waals surface area contributed by atoms with Crippen LogP contribution in [-0.4, -0.2) is 76.9 Å². The fraction of sp³-hybridized carbons (Fsp3) is 0.364. The second-order valence-electron chi connectivity index (χ2n) is 7.18. The molecule has 0 radical (unpaired) electrons. The van der Waals surface area contributed by atoms with Crippen molar-refractivity contribution in [3.63, 3.8) is 0 Å². The second-order valence-corrected chi connectivity index (χ2v) is 9.26. The molecule has 1 saturated heterocycles. The van der Waals surface area contributed by atoms with Crippen molar-refractivity contribution in [1.82, 2.24) is 9.62 Å². The van der Waals surface area contributed by atoms with Crippen LogP contribution in [0.25, 0.3) is 0 Å². The average Bonchev–Trinajstić information content (AvgIpc) is 2.83. The Morgan fingerprint density at radius 2 is 1.79 bits per heavy atom. The van der Waals surface area contributed by atoms with Crippen LogP contribution in [0.15, 0.2) is 48.5 Å². The Balaban J connectivity index is 1.42. The lowest BCUT2D eigenvalue weighted by Gasteiger charge is -2.26. The number of nitrogens with one attached hydrogen (secondary N) is 2. The number of ether oxygens (including phenoxy) is 3. The van der Waals surface area contributed by atoms with Crippen molar-refractivity contribution in [2.45, 2.75) is 0 Å². The molecule has 1 aliphatic rings. The first-order chi connectivity index (χ1) is 15.9. The van der Waals surface area contributed by atoms with Gasteiger partial charge in [0.05, 0.1) is 26.1 Å². The van der Waals surface area contributed by atoms with Gasteiger partial charge in [0, 0.05) is 37.0 Å². The maximum absolute atomic E-state index is 12.3. The van der Waals surface area contributed by atoms with Gasteiger partial charge in [0.1, 0.15) is 11.5 Å². The van der Waals surface area contributed by atoms with Crippen LogP contribution in [0.2, 0.25) is 0 Å². The molecule has 10 nitrogen and oxygen atoms in total. The molecule has 0 aliphatic carbocycles. The Kier molecular flexibility index (Phi) is 8.64. The van der Waals surface area contributed by atoms with E-state index in [1.165, 1.54) is 4.31 Å². The van der Waals surface area contributed by atoms with E-state index in [0.717, 1.165) is 0 Å². The molecule has 0 atom stereocenters. The standard InChI is InChI=1S/C22H27N3O7S/c1-30-20-4-2-3-18(15-20)24-21(26)16-32-19-7-5-17(6-8-19)22(27)23-9-14-33(28,29)25-10-12-31-13-11-25/h2-8,15H,9-14,16H2,1H3,(H,23,27)(H,24,26). The lowest BCUT2D eigenvalue weighted by molar-refractivity contribution is -0.118. The topological polar surface area (TPSA) is 123 Å². The summed E-state index contributed by atoms with van der Waals surface area (Å²) in [6, 6.07) is 13.2. The predicted molar refractivity (Wildman–Crippen MR) is 122 cm³/mol. The van der Waals surface area contributed by atoms with Crippen LogP contribution in [-0.2, 0) is 19.6 Å². The Morgan fingerprint density at radius 3 is 2.48 bits per heavy atom. The molecule has 1 fully saturated rings. The van der Waals surface area contributed by atoms with Crippen LogP contribution in [0, 0.1) is 0 Å². The van der Waals surface area contributed by atoms with Crippen LogP contribution in [0.1, 0.15) is 10.4 Å². The van der Waals surface area contributed by atoms with Gasteiger partial charge in [-0.25, -0.2) is 8.42 Å². The number of amides is 2. The summed E-state index contributed by atoms with van der Waals surface area (Å²) in [6.45, 7) is 1.21. The number of methoxy groups -OCH3 is 1. The molecule has 2 aromatic rings. The van der Waals surface area contributed by atoms with Gasteiger partial charge in [-0.2, -0.15) is 4.31 Å². The van der Waals surface area contributed by atoms with Crippen molar-refractivity contribution in [2.24, 2.45) is 0 Å². The average molecular weight is 478 g/mol. The zero-order valence-corrected chi connectivity index (χ0v) is 19.1. The molecule has 178 valence electrons. The molecule has 1 heterocycles. The van der Waals surface area contributed by atoms with Gasteiger partial charge < -0.3 is 24.8 Å². The smallest absolute Gasteiger partial charge is 0.262 e. The fourth-order valence-corrected chi connectivity index (χ4v) is 4.42. The summed E-state index contributed by atoms with van der Waals surface area (Å²) >= 11 is 0. The van der Waals surface area contributed by atoms with Crippen LogP contribution < -0.4 is 20.1 Å². The molecule has 3 rings (SSSR count). The van der Waals surface area contributed by atoms with Crippen molar-refractivity contribution < 1.29 is 32.2 Å². The van der Waals surface area contributed by atoms with Crippen molar-refractivity contribution in [2.75, 3.05) is 57.6 Å². The van der Waals surface area contributed by atoms with E-state index in [1.807, 2.05) is 0 Å². The SMILES string of the molecule is COc1cccc(NC(=O)COc2ccc(C(=O)NCCS(=O)(=O)N3CCOCC3)cc2)c1. The molecular weight excluding hydrogens is 450 g/mol. The van der Waals surface area contributed by atoms with E-state index < -0.39 is 15.9 Å². The van der Waals surface area contributed by atoms with E-state index in [1.54, 1.807) is 55.6 Å². The number of hydrogen-bond donors (Lipinski definition) is 2. The molecular formula is C22H27N3O7S. The molecule has 2 amide bonds. The molecule has 0 aromatic heterocycles. The van der Waals surface area contributed by atoms with Crippen molar-refractivity contribution in [1.29, 1.82) is 0 Å². The van der Waals surface area contributed by atoms with Gasteiger partial charge in [0.2, 0.25) is 10.0 Å². The van der Waals surface area contributed by atoms with Crippen LogP contribution in [0.3, 0.4) is 0 Å². The number of morpholine rings is 1. The van der Waals surface area contributed by atoms with Crippen LogP contribution in [0.4, 0.5) is 5.69 Å². The third kappa shape index (κ3) is 7.45. The molecule has 33 heavy (non-hydrogen) atoms. The Labute approximate surface area is 192 Å². The Morgan fingerprint density at radius 1 is 1.06 bits per heavy atom. The molecule has 2 aromatic carbocycles. The third-order valence-corrected chi connectivity index (χ3v) is 6.72. The lowest BCUT2D eigenvalue weighted by atomic mass is 10.2. The van der Waals surface area contributed by atoms with Gasteiger partial charge >= 0.3 is 0 Å². The Bertz CT molecular complexity index is 1050. The van der Waals surface area contributed by atoms with Gasteiger partial charge in [-0.15, -0.1) is 0 Å². The lowest BCUT2D eigenvalue weighted by Crippen LogP contribution is -2.43. The molecule has 0 bridgehead atoms. The quantitative estimate of drug-likeness (QED) is 0.525. The number of nitrogens with zero attached hydrogens (tertiary/aromatic N) is 1. The number of benzene rings is 2. The van der Waals surface area contributed by atoms with E-state index in [9.17, 15) is 18.0 Å². The maximum atomic E-state index is 12.3. The monoisotopic (exact) mass is 477 g/mol. The number of rotatable bonds is 10. The summed E-state index contributed by atoms with van der Waals surface area (Å²) in [5.74, 6) is 0.132. The highest BCUT2D eigenvalue weighted by Gasteiger charge is 2.24. The highest BCUT2D eigenvalue weighted by atomic mass is 32.2. The minimum absolute atomic E-state index is 0.00121. The first kappa shape index (κ1) is 24.5. The van der Waals surface area contributed by atoms with Gasteiger partial charge in [-0.1, -0.05) is 6.07 Å². The summed E-state index contributed by atoms with van der Waals surface area (Å²) in [4.78, 5) is 24.4.